The Balaban J connectivity index is 2.06. The first kappa shape index (κ1) is 11.1. The van der Waals surface area contributed by atoms with E-state index in [9.17, 15) is 9.18 Å². The Labute approximate surface area is 100 Å². The van der Waals surface area contributed by atoms with Crippen molar-refractivity contribution in [2.24, 2.45) is 0 Å². The maximum atomic E-state index is 12.9. The molecule has 15 heavy (non-hydrogen) atoms. The van der Waals surface area contributed by atoms with Crippen molar-refractivity contribution in [3.8, 4) is 0 Å². The van der Waals surface area contributed by atoms with Gasteiger partial charge in [0, 0.05) is 13.1 Å². The normalized spacial score (nSPS) is 18.1. The Morgan fingerprint density at radius 2 is 2.20 bits per heavy atom. The summed E-state index contributed by atoms with van der Waals surface area (Å²) in [7, 11) is 0. The summed E-state index contributed by atoms with van der Waals surface area (Å²) in [6.45, 7) is 1.06. The van der Waals surface area contributed by atoms with Crippen molar-refractivity contribution in [2.45, 2.75) is 19.0 Å². The molecule has 1 saturated heterocycles. The van der Waals surface area contributed by atoms with Gasteiger partial charge in [-0.3, -0.25) is 4.79 Å². The molecule has 0 aromatic carbocycles. The Hall–Kier alpha value is -0.420. The number of carbonyl (C=O) groups excluding carboxylic acids is 1. The van der Waals surface area contributed by atoms with Crippen molar-refractivity contribution in [2.75, 3.05) is 13.1 Å². The maximum Gasteiger partial charge on any atom is 0.255 e. The number of nitrogens with zero attached hydrogens (tertiary/aromatic N) is 1. The minimum atomic E-state index is -0.736. The van der Waals surface area contributed by atoms with Crippen LogP contribution in [-0.4, -0.2) is 30.1 Å². The summed E-state index contributed by atoms with van der Waals surface area (Å²) in [5.41, 5.74) is 0.692. The Morgan fingerprint density at radius 1 is 1.53 bits per heavy atom. The van der Waals surface area contributed by atoms with E-state index in [-0.39, 0.29) is 5.91 Å². The molecule has 1 aliphatic rings. The highest BCUT2D eigenvalue weighted by Crippen LogP contribution is 2.26. The van der Waals surface area contributed by atoms with Crippen LogP contribution in [0.5, 0.6) is 0 Å². The molecular formula is C10H11BrFNOS. The molecule has 1 amide bonds. The lowest BCUT2D eigenvalue weighted by molar-refractivity contribution is 0.0666. The van der Waals surface area contributed by atoms with E-state index < -0.39 is 6.17 Å². The number of amides is 1. The van der Waals surface area contributed by atoms with Crippen molar-refractivity contribution in [1.29, 1.82) is 0 Å². The van der Waals surface area contributed by atoms with Gasteiger partial charge in [0.25, 0.3) is 5.91 Å². The van der Waals surface area contributed by atoms with E-state index in [0.29, 0.717) is 31.5 Å². The molecule has 0 unspecified atom stereocenters. The first-order chi connectivity index (χ1) is 7.18. The van der Waals surface area contributed by atoms with E-state index >= 15 is 0 Å². The number of halogens is 2. The zero-order chi connectivity index (χ0) is 10.8. The zero-order valence-corrected chi connectivity index (χ0v) is 10.5. The molecule has 0 aliphatic carbocycles. The summed E-state index contributed by atoms with van der Waals surface area (Å²) in [6.07, 6.45) is 0.195. The summed E-state index contributed by atoms with van der Waals surface area (Å²) < 4.78 is 13.8. The van der Waals surface area contributed by atoms with E-state index in [1.807, 2.05) is 5.38 Å². The van der Waals surface area contributed by atoms with Crippen LogP contribution >= 0.6 is 27.3 Å². The smallest absolute Gasteiger partial charge is 0.255 e. The van der Waals surface area contributed by atoms with Gasteiger partial charge >= 0.3 is 0 Å². The van der Waals surface area contributed by atoms with E-state index in [2.05, 4.69) is 15.9 Å². The largest absolute Gasteiger partial charge is 0.338 e. The van der Waals surface area contributed by atoms with Gasteiger partial charge in [-0.25, -0.2) is 4.39 Å². The van der Waals surface area contributed by atoms with Crippen molar-refractivity contribution < 1.29 is 9.18 Å². The molecule has 2 heterocycles. The van der Waals surface area contributed by atoms with E-state index in [0.717, 1.165) is 3.79 Å². The molecule has 0 atom stereocenters. The van der Waals surface area contributed by atoms with Crippen LogP contribution in [0.4, 0.5) is 4.39 Å². The van der Waals surface area contributed by atoms with Crippen molar-refractivity contribution in [3.63, 3.8) is 0 Å². The van der Waals surface area contributed by atoms with Crippen molar-refractivity contribution >= 4 is 33.2 Å². The number of hydrogen-bond donors (Lipinski definition) is 0. The van der Waals surface area contributed by atoms with Gasteiger partial charge in [0.15, 0.2) is 0 Å². The fourth-order valence-corrected chi connectivity index (χ4v) is 2.90. The summed E-state index contributed by atoms with van der Waals surface area (Å²) in [5.74, 6) is 0.00928. The molecular weight excluding hydrogens is 281 g/mol. The van der Waals surface area contributed by atoms with Gasteiger partial charge in [-0.15, -0.1) is 11.3 Å². The van der Waals surface area contributed by atoms with Crippen molar-refractivity contribution in [1.82, 2.24) is 4.90 Å². The second kappa shape index (κ2) is 4.61. The topological polar surface area (TPSA) is 20.3 Å². The minimum Gasteiger partial charge on any atom is -0.338 e. The van der Waals surface area contributed by atoms with Crippen LogP contribution in [0.2, 0.25) is 0 Å². The SMILES string of the molecule is O=C(c1ccsc1Br)N1CCC(F)CC1. The monoisotopic (exact) mass is 291 g/mol. The molecule has 0 bridgehead atoms. The fraction of sp³-hybridized carbons (Fsp3) is 0.500. The van der Waals surface area contributed by atoms with Gasteiger partial charge in [0.1, 0.15) is 6.17 Å². The number of thiophene rings is 1. The molecule has 1 fully saturated rings. The standard InChI is InChI=1S/C10H11BrFNOS/c11-9-8(3-6-15-9)10(14)13-4-1-7(12)2-5-13/h3,6-7H,1-2,4-5H2. The van der Waals surface area contributed by atoms with E-state index in [1.54, 1.807) is 11.0 Å². The fourth-order valence-electron chi connectivity index (χ4n) is 1.67. The van der Waals surface area contributed by atoms with Gasteiger partial charge < -0.3 is 4.90 Å². The Kier molecular flexibility index (Phi) is 3.41. The highest BCUT2D eigenvalue weighted by Gasteiger charge is 2.24. The minimum absolute atomic E-state index is 0.00928. The Bertz CT molecular complexity index is 360. The number of carbonyl (C=O) groups is 1. The molecule has 1 aromatic rings. The van der Waals surface area contributed by atoms with Crippen LogP contribution in [0, 0.1) is 0 Å². The van der Waals surface area contributed by atoms with E-state index in [4.69, 9.17) is 0 Å². The van der Waals surface area contributed by atoms with Crippen LogP contribution in [0.1, 0.15) is 23.2 Å². The van der Waals surface area contributed by atoms with Crippen LogP contribution in [0.3, 0.4) is 0 Å². The van der Waals surface area contributed by atoms with E-state index in [1.165, 1.54) is 11.3 Å². The summed E-state index contributed by atoms with van der Waals surface area (Å²) in [4.78, 5) is 13.7. The third kappa shape index (κ3) is 2.39. The summed E-state index contributed by atoms with van der Waals surface area (Å²) in [5, 5.41) is 1.87. The lowest BCUT2D eigenvalue weighted by atomic mass is 10.1. The lowest BCUT2D eigenvalue weighted by Crippen LogP contribution is -2.38. The van der Waals surface area contributed by atoms with Gasteiger partial charge in [-0.2, -0.15) is 0 Å². The average Bonchev–Trinajstić information content (AvgIpc) is 2.65. The third-order valence-electron chi connectivity index (χ3n) is 2.56. The van der Waals surface area contributed by atoms with Crippen LogP contribution < -0.4 is 0 Å². The Morgan fingerprint density at radius 3 is 2.73 bits per heavy atom. The van der Waals surface area contributed by atoms with Crippen molar-refractivity contribution in [3.05, 3.63) is 20.8 Å². The number of rotatable bonds is 1. The molecule has 5 heteroatoms. The molecule has 0 radical (unpaired) electrons. The number of hydrogen-bond acceptors (Lipinski definition) is 2. The molecule has 1 aromatic heterocycles. The zero-order valence-electron chi connectivity index (χ0n) is 8.08. The molecule has 2 rings (SSSR count). The maximum absolute atomic E-state index is 12.9. The molecule has 0 saturated carbocycles. The average molecular weight is 292 g/mol. The van der Waals surface area contributed by atoms with Gasteiger partial charge in [-0.1, -0.05) is 0 Å². The van der Waals surface area contributed by atoms with Crippen LogP contribution in [0.15, 0.2) is 15.2 Å². The highest BCUT2D eigenvalue weighted by atomic mass is 79.9. The quantitative estimate of drug-likeness (QED) is 0.779. The predicted octanol–water partition coefficient (Wildman–Crippen LogP) is 3.08. The number of alkyl halides is 1. The second-order valence-electron chi connectivity index (χ2n) is 3.57. The summed E-state index contributed by atoms with van der Waals surface area (Å²) in [6, 6.07) is 1.80. The molecule has 82 valence electrons. The van der Waals surface area contributed by atoms with Gasteiger partial charge in [0.05, 0.1) is 9.35 Å². The van der Waals surface area contributed by atoms with Gasteiger partial charge in [0.2, 0.25) is 0 Å². The highest BCUT2D eigenvalue weighted by molar-refractivity contribution is 9.11. The molecule has 0 N–H and O–H groups in total. The first-order valence-corrected chi connectivity index (χ1v) is 6.52. The van der Waals surface area contributed by atoms with Gasteiger partial charge in [-0.05, 0) is 40.2 Å². The number of piperidine rings is 1. The molecule has 2 nitrogen and oxygen atoms in total. The first-order valence-electron chi connectivity index (χ1n) is 4.85. The molecule has 0 spiro atoms. The lowest BCUT2D eigenvalue weighted by Gasteiger charge is -2.28. The number of likely N-dealkylation sites (tertiary alicyclic amines) is 1. The van der Waals surface area contributed by atoms with Crippen LogP contribution in [-0.2, 0) is 0 Å². The summed E-state index contributed by atoms with van der Waals surface area (Å²) >= 11 is 4.83. The predicted molar refractivity (Wildman–Crippen MR) is 62.1 cm³/mol. The molecule has 1 aliphatic heterocycles. The second-order valence-corrected chi connectivity index (χ2v) is 5.81. The van der Waals surface area contributed by atoms with Crippen LogP contribution in [0.25, 0.3) is 0 Å². The third-order valence-corrected chi connectivity index (χ3v) is 4.25.